The number of rotatable bonds is 6. The van der Waals surface area contributed by atoms with E-state index >= 15 is 0 Å². The summed E-state index contributed by atoms with van der Waals surface area (Å²) in [5, 5.41) is 6.79. The number of hydrazone groups is 1. The first-order valence-electron chi connectivity index (χ1n) is 11.2. The number of benzene rings is 2. The van der Waals surface area contributed by atoms with E-state index in [-0.39, 0.29) is 10.8 Å². The van der Waals surface area contributed by atoms with E-state index in [0.717, 1.165) is 23.3 Å². The SMILES string of the molecule is COC(=O)c1c(NC(=O)C(=O)NN=C(C)c2ccccc2OC(=O)c2ccccc2Br)sc2c1CCC2. The zero-order valence-corrected chi connectivity index (χ0v) is 22.3. The van der Waals surface area contributed by atoms with Gasteiger partial charge in [0.1, 0.15) is 10.8 Å². The quantitative estimate of drug-likeness (QED) is 0.145. The van der Waals surface area contributed by atoms with E-state index in [0.29, 0.717) is 33.3 Å². The summed E-state index contributed by atoms with van der Waals surface area (Å²) >= 11 is 4.60. The Bertz CT molecular complexity index is 1430. The molecular formula is C26H22BrN3O6S. The van der Waals surface area contributed by atoms with Crippen molar-refractivity contribution in [2.45, 2.75) is 26.2 Å². The van der Waals surface area contributed by atoms with Crippen molar-refractivity contribution < 1.29 is 28.7 Å². The van der Waals surface area contributed by atoms with E-state index in [2.05, 4.69) is 31.8 Å². The first-order chi connectivity index (χ1) is 17.8. The number of amides is 2. The molecule has 2 aromatic carbocycles. The van der Waals surface area contributed by atoms with Crippen LogP contribution in [0.4, 0.5) is 5.00 Å². The number of aryl methyl sites for hydroxylation is 1. The largest absolute Gasteiger partial charge is 0.465 e. The second-order valence-corrected chi connectivity index (χ2v) is 9.97. The Morgan fingerprint density at radius 1 is 0.946 bits per heavy atom. The molecule has 0 unspecified atom stereocenters. The fourth-order valence-corrected chi connectivity index (χ4v) is 5.57. The molecule has 9 nitrogen and oxygen atoms in total. The highest BCUT2D eigenvalue weighted by Gasteiger charge is 2.29. The maximum atomic E-state index is 12.6. The van der Waals surface area contributed by atoms with Gasteiger partial charge in [-0.25, -0.2) is 15.0 Å². The molecular weight excluding hydrogens is 562 g/mol. The van der Waals surface area contributed by atoms with Gasteiger partial charge in [-0.1, -0.05) is 24.3 Å². The van der Waals surface area contributed by atoms with Crippen molar-refractivity contribution in [3.8, 4) is 5.75 Å². The van der Waals surface area contributed by atoms with E-state index < -0.39 is 23.8 Å². The van der Waals surface area contributed by atoms with E-state index in [1.54, 1.807) is 55.5 Å². The summed E-state index contributed by atoms with van der Waals surface area (Å²) in [5.74, 6) is -2.89. The van der Waals surface area contributed by atoms with Crippen molar-refractivity contribution in [1.29, 1.82) is 0 Å². The Labute approximate surface area is 225 Å². The predicted octanol–water partition coefficient (Wildman–Crippen LogP) is 4.48. The summed E-state index contributed by atoms with van der Waals surface area (Å²) < 4.78 is 11.0. The van der Waals surface area contributed by atoms with Crippen molar-refractivity contribution >= 4 is 61.7 Å². The third-order valence-electron chi connectivity index (χ3n) is 5.64. The normalized spacial score (nSPS) is 12.5. The average Bonchev–Trinajstić information content (AvgIpc) is 3.48. The lowest BCUT2D eigenvalue weighted by molar-refractivity contribution is -0.136. The van der Waals surface area contributed by atoms with Gasteiger partial charge in [0.15, 0.2) is 0 Å². The second-order valence-electron chi connectivity index (χ2n) is 8.01. The summed E-state index contributed by atoms with van der Waals surface area (Å²) in [6.45, 7) is 1.60. The minimum atomic E-state index is -1.02. The molecule has 0 aliphatic heterocycles. The topological polar surface area (TPSA) is 123 Å². The maximum absolute atomic E-state index is 12.6. The van der Waals surface area contributed by atoms with Gasteiger partial charge in [0.2, 0.25) is 0 Å². The van der Waals surface area contributed by atoms with Gasteiger partial charge in [0.05, 0.1) is 23.9 Å². The number of thiophene rings is 1. The number of anilines is 1. The number of hydrogen-bond donors (Lipinski definition) is 2. The molecule has 0 bridgehead atoms. The van der Waals surface area contributed by atoms with Crippen LogP contribution in [0.5, 0.6) is 5.75 Å². The Hall–Kier alpha value is -3.83. The van der Waals surface area contributed by atoms with E-state index in [1.165, 1.54) is 18.4 Å². The fourth-order valence-electron chi connectivity index (χ4n) is 3.85. The lowest BCUT2D eigenvalue weighted by atomic mass is 10.1. The van der Waals surface area contributed by atoms with Crippen LogP contribution in [-0.2, 0) is 27.2 Å². The minimum Gasteiger partial charge on any atom is -0.465 e. The highest BCUT2D eigenvalue weighted by atomic mass is 79.9. The predicted molar refractivity (Wildman–Crippen MR) is 142 cm³/mol. The molecule has 0 saturated carbocycles. The molecule has 1 aromatic heterocycles. The molecule has 1 aliphatic rings. The van der Waals surface area contributed by atoms with Gasteiger partial charge in [-0.05, 0) is 71.9 Å². The summed E-state index contributed by atoms with van der Waals surface area (Å²) in [7, 11) is 1.27. The van der Waals surface area contributed by atoms with Crippen molar-refractivity contribution in [2.24, 2.45) is 5.10 Å². The monoisotopic (exact) mass is 583 g/mol. The summed E-state index contributed by atoms with van der Waals surface area (Å²) in [5.41, 5.74) is 4.47. The number of nitrogens with zero attached hydrogens (tertiary/aromatic N) is 1. The van der Waals surface area contributed by atoms with Crippen LogP contribution < -0.4 is 15.5 Å². The van der Waals surface area contributed by atoms with Crippen LogP contribution in [-0.4, -0.2) is 36.6 Å². The third kappa shape index (κ3) is 5.78. The fraction of sp³-hybridized carbons (Fsp3) is 0.192. The molecule has 0 atom stereocenters. The number of ether oxygens (including phenoxy) is 2. The molecule has 0 fully saturated rings. The van der Waals surface area contributed by atoms with Crippen LogP contribution in [0.25, 0.3) is 0 Å². The summed E-state index contributed by atoms with van der Waals surface area (Å²) in [6.07, 6.45) is 2.45. The maximum Gasteiger partial charge on any atom is 0.344 e. The average molecular weight is 584 g/mol. The van der Waals surface area contributed by atoms with Gasteiger partial charge in [-0.2, -0.15) is 5.10 Å². The van der Waals surface area contributed by atoms with Gasteiger partial charge in [0, 0.05) is 14.9 Å². The molecule has 0 radical (unpaired) electrons. The Morgan fingerprint density at radius 2 is 1.65 bits per heavy atom. The zero-order valence-electron chi connectivity index (χ0n) is 19.9. The van der Waals surface area contributed by atoms with Gasteiger partial charge in [-0.3, -0.25) is 9.59 Å². The second kappa shape index (κ2) is 11.5. The van der Waals surface area contributed by atoms with Gasteiger partial charge < -0.3 is 14.8 Å². The summed E-state index contributed by atoms with van der Waals surface area (Å²) in [6, 6.07) is 13.6. The van der Waals surface area contributed by atoms with Crippen LogP contribution in [0.1, 0.15) is 50.1 Å². The van der Waals surface area contributed by atoms with E-state index in [4.69, 9.17) is 9.47 Å². The van der Waals surface area contributed by atoms with Crippen molar-refractivity contribution in [2.75, 3.05) is 12.4 Å². The lowest BCUT2D eigenvalue weighted by Crippen LogP contribution is -2.33. The lowest BCUT2D eigenvalue weighted by Gasteiger charge is -2.11. The molecule has 2 N–H and O–H groups in total. The molecule has 4 rings (SSSR count). The van der Waals surface area contributed by atoms with Crippen LogP contribution in [0.15, 0.2) is 58.1 Å². The summed E-state index contributed by atoms with van der Waals surface area (Å²) in [4.78, 5) is 50.9. The molecule has 0 saturated heterocycles. The number of para-hydroxylation sites is 1. The number of esters is 2. The molecule has 2 amide bonds. The molecule has 190 valence electrons. The Kier molecular flexibility index (Phi) is 8.14. The zero-order chi connectivity index (χ0) is 26.5. The van der Waals surface area contributed by atoms with E-state index in [9.17, 15) is 19.2 Å². The number of nitrogens with one attached hydrogen (secondary N) is 2. The number of fused-ring (bicyclic) bond motifs is 1. The van der Waals surface area contributed by atoms with Crippen molar-refractivity contribution in [3.63, 3.8) is 0 Å². The molecule has 1 aliphatic carbocycles. The number of carbonyl (C=O) groups excluding carboxylic acids is 4. The smallest absolute Gasteiger partial charge is 0.344 e. The van der Waals surface area contributed by atoms with E-state index in [1.807, 2.05) is 0 Å². The number of halogens is 1. The van der Waals surface area contributed by atoms with Gasteiger partial charge in [0.25, 0.3) is 0 Å². The van der Waals surface area contributed by atoms with Crippen LogP contribution in [0.3, 0.4) is 0 Å². The van der Waals surface area contributed by atoms with Crippen molar-refractivity contribution in [1.82, 2.24) is 5.43 Å². The number of hydrogen-bond acceptors (Lipinski definition) is 8. The number of methoxy groups -OCH3 is 1. The Morgan fingerprint density at radius 3 is 2.38 bits per heavy atom. The van der Waals surface area contributed by atoms with Crippen LogP contribution >= 0.6 is 27.3 Å². The van der Waals surface area contributed by atoms with Crippen molar-refractivity contribution in [3.05, 3.63) is 80.1 Å². The Balaban J connectivity index is 1.46. The third-order valence-corrected chi connectivity index (χ3v) is 7.54. The van der Waals surface area contributed by atoms with Crippen LogP contribution in [0, 0.1) is 0 Å². The number of carbonyl (C=O) groups is 4. The first kappa shape index (κ1) is 26.2. The standard InChI is InChI=1S/C26H22BrN3O6S/c1-14(15-8-4-6-12-19(15)36-25(33)16-9-3-5-11-18(16)27)29-30-23(32)22(31)28-24-21(26(34)35-2)17-10-7-13-20(17)37-24/h3-6,8-9,11-12H,7,10,13H2,1-2H3,(H,28,31)(H,30,32). The molecule has 0 spiro atoms. The van der Waals surface area contributed by atoms with Crippen LogP contribution in [0.2, 0.25) is 0 Å². The molecule has 11 heteroatoms. The minimum absolute atomic E-state index is 0.235. The molecule has 37 heavy (non-hydrogen) atoms. The highest BCUT2D eigenvalue weighted by Crippen LogP contribution is 2.39. The first-order valence-corrected chi connectivity index (χ1v) is 12.9. The molecule has 3 aromatic rings. The van der Waals surface area contributed by atoms with Gasteiger partial charge in [-0.15, -0.1) is 11.3 Å². The molecule has 1 heterocycles. The highest BCUT2D eigenvalue weighted by molar-refractivity contribution is 9.10. The van der Waals surface area contributed by atoms with Gasteiger partial charge >= 0.3 is 23.8 Å².